The van der Waals surface area contributed by atoms with Crippen LogP contribution in [0.25, 0.3) is 0 Å². The lowest BCUT2D eigenvalue weighted by Crippen LogP contribution is -2.21. The molecule has 0 bridgehead atoms. The lowest BCUT2D eigenvalue weighted by atomic mass is 10.2. The summed E-state index contributed by atoms with van der Waals surface area (Å²) in [5, 5.41) is 3.40. The van der Waals surface area contributed by atoms with Gasteiger partial charge in [0.25, 0.3) is 0 Å². The van der Waals surface area contributed by atoms with E-state index in [-0.39, 0.29) is 0 Å². The quantitative estimate of drug-likeness (QED) is 0.703. The second-order valence-electron chi connectivity index (χ2n) is 5.17. The molecule has 1 heterocycles. The monoisotopic (exact) mass is 237 g/mol. The van der Waals surface area contributed by atoms with Crippen molar-refractivity contribution in [3.05, 3.63) is 18.2 Å². The first kappa shape index (κ1) is 12.6. The van der Waals surface area contributed by atoms with Crippen molar-refractivity contribution in [1.29, 1.82) is 0 Å². The van der Waals surface area contributed by atoms with Gasteiger partial charge in [0.15, 0.2) is 0 Å². The zero-order valence-corrected chi connectivity index (χ0v) is 10.9. The van der Waals surface area contributed by atoms with Gasteiger partial charge in [0.2, 0.25) is 0 Å². The average molecular weight is 237 g/mol. The van der Waals surface area contributed by atoms with Gasteiger partial charge >= 0.3 is 0 Å². The number of ether oxygens (including phenoxy) is 1. The third kappa shape index (κ3) is 4.13. The highest BCUT2D eigenvalue weighted by Crippen LogP contribution is 2.35. The first-order valence-corrected chi connectivity index (χ1v) is 6.56. The summed E-state index contributed by atoms with van der Waals surface area (Å²) in [7, 11) is 0. The molecule has 0 saturated heterocycles. The molecule has 0 atom stereocenters. The topological polar surface area (TPSA) is 39.1 Å². The average Bonchev–Trinajstić information content (AvgIpc) is 3.03. The van der Waals surface area contributed by atoms with Gasteiger partial charge in [-0.2, -0.15) is 0 Å². The van der Waals surface area contributed by atoms with Gasteiger partial charge in [-0.1, -0.05) is 13.8 Å². The Balaban J connectivity index is 1.59. The van der Waals surface area contributed by atoms with Crippen LogP contribution in [0.1, 0.15) is 38.4 Å². The minimum atomic E-state index is 0.617. The summed E-state index contributed by atoms with van der Waals surface area (Å²) >= 11 is 0. The fourth-order valence-electron chi connectivity index (χ4n) is 1.83. The van der Waals surface area contributed by atoms with Crippen LogP contribution in [0, 0.1) is 5.92 Å². The maximum atomic E-state index is 5.52. The minimum absolute atomic E-state index is 0.617. The van der Waals surface area contributed by atoms with Crippen LogP contribution in [0.3, 0.4) is 0 Å². The fraction of sp³-hybridized carbons (Fsp3) is 0.769. The Bertz CT molecular complexity index is 331. The summed E-state index contributed by atoms with van der Waals surface area (Å²) in [6.07, 6.45) is 6.52. The summed E-state index contributed by atoms with van der Waals surface area (Å²) in [6.45, 7) is 7.77. The highest BCUT2D eigenvalue weighted by molar-refractivity contribution is 5.03. The van der Waals surface area contributed by atoms with Gasteiger partial charge in [0.1, 0.15) is 0 Å². The standard InChI is InChI=1S/C13H23N3O/c1-11(2)9-17-6-5-14-7-13-8-15-10-16(13)12-3-4-12/h8,10-12,14H,3-7,9H2,1-2H3. The van der Waals surface area contributed by atoms with E-state index < -0.39 is 0 Å². The Hall–Kier alpha value is -0.870. The molecular formula is C13H23N3O. The molecule has 1 saturated carbocycles. The third-order valence-corrected chi connectivity index (χ3v) is 2.87. The SMILES string of the molecule is CC(C)COCCNCc1cncn1C1CC1. The van der Waals surface area contributed by atoms with Crippen LogP contribution in [0.2, 0.25) is 0 Å². The number of nitrogens with one attached hydrogen (secondary N) is 1. The molecule has 0 aromatic carbocycles. The van der Waals surface area contributed by atoms with Gasteiger partial charge < -0.3 is 14.6 Å². The maximum absolute atomic E-state index is 5.52. The van der Waals surface area contributed by atoms with Crippen LogP contribution in [0.4, 0.5) is 0 Å². The molecule has 0 unspecified atom stereocenters. The second-order valence-corrected chi connectivity index (χ2v) is 5.17. The molecule has 4 nitrogen and oxygen atoms in total. The molecule has 96 valence electrons. The number of nitrogens with zero attached hydrogens (tertiary/aromatic N) is 2. The number of rotatable bonds is 8. The second kappa shape index (κ2) is 6.17. The molecule has 4 heteroatoms. The van der Waals surface area contributed by atoms with Crippen molar-refractivity contribution in [2.45, 2.75) is 39.3 Å². The summed E-state index contributed by atoms with van der Waals surface area (Å²) in [5.41, 5.74) is 1.29. The molecule has 0 amide bonds. The van der Waals surface area contributed by atoms with Crippen molar-refractivity contribution >= 4 is 0 Å². The molecule has 1 fully saturated rings. The van der Waals surface area contributed by atoms with Crippen molar-refractivity contribution in [3.63, 3.8) is 0 Å². The normalized spacial score (nSPS) is 15.7. The first-order valence-electron chi connectivity index (χ1n) is 6.56. The Morgan fingerprint density at radius 3 is 3.06 bits per heavy atom. The van der Waals surface area contributed by atoms with Gasteiger partial charge in [-0.05, 0) is 18.8 Å². The van der Waals surface area contributed by atoms with E-state index in [9.17, 15) is 0 Å². The van der Waals surface area contributed by atoms with E-state index in [0.717, 1.165) is 26.3 Å². The number of aromatic nitrogens is 2. The van der Waals surface area contributed by atoms with E-state index >= 15 is 0 Å². The van der Waals surface area contributed by atoms with Gasteiger partial charge in [-0.15, -0.1) is 0 Å². The van der Waals surface area contributed by atoms with E-state index in [1.807, 2.05) is 12.5 Å². The molecule has 0 aliphatic heterocycles. The Morgan fingerprint density at radius 2 is 2.35 bits per heavy atom. The van der Waals surface area contributed by atoms with Crippen molar-refractivity contribution in [3.8, 4) is 0 Å². The van der Waals surface area contributed by atoms with Crippen LogP contribution in [-0.4, -0.2) is 29.3 Å². The van der Waals surface area contributed by atoms with Crippen LogP contribution in [0.15, 0.2) is 12.5 Å². The molecule has 1 N–H and O–H groups in total. The maximum Gasteiger partial charge on any atom is 0.0951 e. The van der Waals surface area contributed by atoms with E-state index in [4.69, 9.17) is 4.74 Å². The summed E-state index contributed by atoms with van der Waals surface area (Å²) in [4.78, 5) is 4.21. The van der Waals surface area contributed by atoms with Crippen LogP contribution in [0.5, 0.6) is 0 Å². The Labute approximate surface area is 103 Å². The smallest absolute Gasteiger partial charge is 0.0951 e. The lowest BCUT2D eigenvalue weighted by molar-refractivity contribution is 0.111. The number of hydrogen-bond acceptors (Lipinski definition) is 3. The molecular weight excluding hydrogens is 214 g/mol. The fourth-order valence-corrected chi connectivity index (χ4v) is 1.83. The number of hydrogen-bond donors (Lipinski definition) is 1. The van der Waals surface area contributed by atoms with E-state index in [2.05, 4.69) is 28.7 Å². The molecule has 1 aliphatic carbocycles. The minimum Gasteiger partial charge on any atom is -0.380 e. The van der Waals surface area contributed by atoms with E-state index in [1.54, 1.807) is 0 Å². The van der Waals surface area contributed by atoms with E-state index in [0.29, 0.717) is 12.0 Å². The molecule has 17 heavy (non-hydrogen) atoms. The predicted octanol–water partition coefficient (Wildman–Crippen LogP) is 1.98. The number of imidazole rings is 1. The Morgan fingerprint density at radius 1 is 1.53 bits per heavy atom. The van der Waals surface area contributed by atoms with Crippen LogP contribution < -0.4 is 5.32 Å². The molecule has 1 aliphatic rings. The van der Waals surface area contributed by atoms with Crippen molar-refractivity contribution in [2.75, 3.05) is 19.8 Å². The van der Waals surface area contributed by atoms with Gasteiger partial charge in [-0.25, -0.2) is 4.98 Å². The Kier molecular flexibility index (Phi) is 4.57. The molecule has 1 aromatic heterocycles. The van der Waals surface area contributed by atoms with E-state index in [1.165, 1.54) is 18.5 Å². The predicted molar refractivity (Wildman–Crippen MR) is 67.9 cm³/mol. The van der Waals surface area contributed by atoms with Crippen LogP contribution >= 0.6 is 0 Å². The van der Waals surface area contributed by atoms with Gasteiger partial charge in [0.05, 0.1) is 18.6 Å². The zero-order valence-electron chi connectivity index (χ0n) is 10.9. The molecule has 2 rings (SSSR count). The third-order valence-electron chi connectivity index (χ3n) is 2.87. The highest BCUT2D eigenvalue weighted by atomic mass is 16.5. The summed E-state index contributed by atoms with van der Waals surface area (Å²) < 4.78 is 7.81. The van der Waals surface area contributed by atoms with Crippen LogP contribution in [-0.2, 0) is 11.3 Å². The highest BCUT2D eigenvalue weighted by Gasteiger charge is 2.24. The van der Waals surface area contributed by atoms with Crippen molar-refractivity contribution < 1.29 is 4.74 Å². The van der Waals surface area contributed by atoms with Crippen molar-refractivity contribution in [1.82, 2.24) is 14.9 Å². The summed E-state index contributed by atoms with van der Waals surface area (Å²) in [6, 6.07) is 0.714. The van der Waals surface area contributed by atoms with Gasteiger partial charge in [-0.3, -0.25) is 0 Å². The molecule has 1 aromatic rings. The largest absolute Gasteiger partial charge is 0.380 e. The lowest BCUT2D eigenvalue weighted by Gasteiger charge is -2.09. The molecule has 0 radical (unpaired) electrons. The molecule has 0 spiro atoms. The zero-order chi connectivity index (χ0) is 12.1. The van der Waals surface area contributed by atoms with Gasteiger partial charge in [0, 0.05) is 31.9 Å². The van der Waals surface area contributed by atoms with Crippen molar-refractivity contribution in [2.24, 2.45) is 5.92 Å². The first-order chi connectivity index (χ1) is 8.27. The summed E-state index contributed by atoms with van der Waals surface area (Å²) in [5.74, 6) is 0.617.